The SMILES string of the molecule is CCCN(CCCCN1CCNCCC1=O)C1CCc2ccc(OS(=O)(=O)N3CCCC3)cc2C1. The van der Waals surface area contributed by atoms with Gasteiger partial charge in [0.1, 0.15) is 5.75 Å². The van der Waals surface area contributed by atoms with Crippen LogP contribution in [0.15, 0.2) is 18.2 Å². The molecular formula is C26H42N4O4S. The third-order valence-corrected chi connectivity index (χ3v) is 8.94. The van der Waals surface area contributed by atoms with Gasteiger partial charge in [-0.25, -0.2) is 0 Å². The lowest BCUT2D eigenvalue weighted by Crippen LogP contribution is -2.41. The predicted molar refractivity (Wildman–Crippen MR) is 138 cm³/mol. The maximum Gasteiger partial charge on any atom is 0.385 e. The normalized spacial score (nSPS) is 21.8. The predicted octanol–water partition coefficient (Wildman–Crippen LogP) is 2.58. The van der Waals surface area contributed by atoms with Crippen molar-refractivity contribution in [2.45, 2.75) is 70.8 Å². The van der Waals surface area contributed by atoms with E-state index in [4.69, 9.17) is 4.18 Å². The van der Waals surface area contributed by atoms with Crippen molar-refractivity contribution in [3.63, 3.8) is 0 Å². The molecule has 1 amide bonds. The quantitative estimate of drug-likeness (QED) is 0.465. The Labute approximate surface area is 211 Å². The topological polar surface area (TPSA) is 82.2 Å². The lowest BCUT2D eigenvalue weighted by Gasteiger charge is -2.35. The first-order valence-electron chi connectivity index (χ1n) is 13.5. The molecule has 1 unspecified atom stereocenters. The van der Waals surface area contributed by atoms with Gasteiger partial charge in [0.05, 0.1) is 0 Å². The molecule has 9 heteroatoms. The van der Waals surface area contributed by atoms with Crippen LogP contribution in [0.25, 0.3) is 0 Å². The summed E-state index contributed by atoms with van der Waals surface area (Å²) < 4.78 is 32.1. The third kappa shape index (κ3) is 7.18. The Hall–Kier alpha value is -1.68. The van der Waals surface area contributed by atoms with Crippen molar-refractivity contribution in [3.05, 3.63) is 29.3 Å². The van der Waals surface area contributed by atoms with Crippen LogP contribution in [0, 0.1) is 0 Å². The Bertz CT molecular complexity index is 949. The molecule has 0 aromatic heterocycles. The van der Waals surface area contributed by atoms with E-state index in [1.54, 1.807) is 6.07 Å². The lowest BCUT2D eigenvalue weighted by molar-refractivity contribution is -0.130. The minimum absolute atomic E-state index is 0.272. The minimum atomic E-state index is -3.72. The Morgan fingerprint density at radius 1 is 1.06 bits per heavy atom. The number of carbonyl (C=O) groups is 1. The van der Waals surface area contributed by atoms with Crippen molar-refractivity contribution < 1.29 is 17.4 Å². The maximum absolute atomic E-state index is 12.6. The third-order valence-electron chi connectivity index (χ3n) is 7.54. The summed E-state index contributed by atoms with van der Waals surface area (Å²) in [6.45, 7) is 8.75. The number of unbranched alkanes of at least 4 members (excludes halogenated alkanes) is 1. The molecule has 0 bridgehead atoms. The first-order valence-corrected chi connectivity index (χ1v) is 14.9. The number of benzene rings is 1. The van der Waals surface area contributed by atoms with Crippen LogP contribution in [0.5, 0.6) is 5.75 Å². The van der Waals surface area contributed by atoms with E-state index in [1.165, 1.54) is 15.4 Å². The summed E-state index contributed by atoms with van der Waals surface area (Å²) >= 11 is 0. The molecule has 2 heterocycles. The second kappa shape index (κ2) is 12.5. The molecule has 0 saturated carbocycles. The van der Waals surface area contributed by atoms with Crippen molar-refractivity contribution in [1.82, 2.24) is 19.4 Å². The number of amides is 1. The van der Waals surface area contributed by atoms with Crippen LogP contribution in [-0.4, -0.2) is 86.8 Å². The second-order valence-electron chi connectivity index (χ2n) is 10.1. The fourth-order valence-electron chi connectivity index (χ4n) is 5.60. The summed E-state index contributed by atoms with van der Waals surface area (Å²) in [5.74, 6) is 0.698. The van der Waals surface area contributed by atoms with Crippen molar-refractivity contribution in [3.8, 4) is 5.75 Å². The van der Waals surface area contributed by atoms with Gasteiger partial charge < -0.3 is 19.3 Å². The van der Waals surface area contributed by atoms with Gasteiger partial charge in [0, 0.05) is 51.7 Å². The molecule has 1 aromatic carbocycles. The highest BCUT2D eigenvalue weighted by Gasteiger charge is 2.29. The van der Waals surface area contributed by atoms with Gasteiger partial charge in [0.25, 0.3) is 0 Å². The van der Waals surface area contributed by atoms with Crippen molar-refractivity contribution >= 4 is 16.2 Å². The largest absolute Gasteiger partial charge is 0.385 e. The van der Waals surface area contributed by atoms with Crippen molar-refractivity contribution in [1.29, 1.82) is 0 Å². The summed E-state index contributed by atoms with van der Waals surface area (Å²) in [5, 5.41) is 3.30. The number of hydrogen-bond donors (Lipinski definition) is 1. The van der Waals surface area contributed by atoms with E-state index in [1.807, 2.05) is 17.0 Å². The van der Waals surface area contributed by atoms with Crippen LogP contribution in [-0.2, 0) is 27.9 Å². The second-order valence-corrected chi connectivity index (χ2v) is 11.6. The fraction of sp³-hybridized carbons (Fsp3) is 0.731. The molecule has 35 heavy (non-hydrogen) atoms. The number of nitrogens with zero attached hydrogens (tertiary/aromatic N) is 3. The Balaban J connectivity index is 1.32. The van der Waals surface area contributed by atoms with Crippen molar-refractivity contribution in [2.75, 3.05) is 52.4 Å². The zero-order valence-corrected chi connectivity index (χ0v) is 22.0. The standard InChI is InChI=1S/C26H42N4O4S/c1-2-14-28(15-3-4-16-29-19-13-27-12-11-26(29)31)24-9-7-22-8-10-25(21-23(22)20-24)34-35(32,33)30-17-5-6-18-30/h8,10,21,24,27H,2-7,9,11-20H2,1H3. The van der Waals surface area contributed by atoms with Crippen LogP contribution < -0.4 is 9.50 Å². The molecular weight excluding hydrogens is 464 g/mol. The monoisotopic (exact) mass is 506 g/mol. The van der Waals surface area contributed by atoms with Crippen LogP contribution >= 0.6 is 0 Å². The van der Waals surface area contributed by atoms with E-state index < -0.39 is 10.3 Å². The molecule has 8 nitrogen and oxygen atoms in total. The molecule has 0 spiro atoms. The molecule has 196 valence electrons. The minimum Gasteiger partial charge on any atom is -0.371 e. The number of rotatable bonds is 11. The summed E-state index contributed by atoms with van der Waals surface area (Å²) in [5.41, 5.74) is 2.51. The lowest BCUT2D eigenvalue weighted by atomic mass is 9.87. The van der Waals surface area contributed by atoms with E-state index in [0.29, 0.717) is 31.3 Å². The van der Waals surface area contributed by atoms with Crippen LogP contribution in [0.3, 0.4) is 0 Å². The molecule has 1 aliphatic carbocycles. The van der Waals surface area contributed by atoms with Gasteiger partial charge in [0.15, 0.2) is 0 Å². The van der Waals surface area contributed by atoms with Crippen LogP contribution in [0.1, 0.15) is 63.0 Å². The Kier molecular flexibility index (Phi) is 9.44. The average Bonchev–Trinajstić information content (AvgIpc) is 3.32. The highest BCUT2D eigenvalue weighted by Crippen LogP contribution is 2.29. The molecule has 1 N–H and O–H groups in total. The highest BCUT2D eigenvalue weighted by molar-refractivity contribution is 7.84. The number of carbonyl (C=O) groups excluding carboxylic acids is 1. The van der Waals surface area contributed by atoms with E-state index >= 15 is 0 Å². The zero-order chi connectivity index (χ0) is 24.7. The fourth-order valence-corrected chi connectivity index (χ4v) is 6.76. The van der Waals surface area contributed by atoms with E-state index in [9.17, 15) is 13.2 Å². The first kappa shape index (κ1) is 26.4. The smallest absolute Gasteiger partial charge is 0.371 e. The van der Waals surface area contributed by atoms with Gasteiger partial charge in [-0.15, -0.1) is 0 Å². The highest BCUT2D eigenvalue weighted by atomic mass is 32.2. The van der Waals surface area contributed by atoms with E-state index in [-0.39, 0.29) is 5.91 Å². The van der Waals surface area contributed by atoms with Gasteiger partial charge in [-0.2, -0.15) is 12.7 Å². The molecule has 3 aliphatic rings. The van der Waals surface area contributed by atoms with Crippen molar-refractivity contribution in [2.24, 2.45) is 0 Å². The van der Waals surface area contributed by atoms with Crippen LogP contribution in [0.2, 0.25) is 0 Å². The van der Waals surface area contributed by atoms with Gasteiger partial charge in [0.2, 0.25) is 5.91 Å². The molecule has 0 radical (unpaired) electrons. The summed E-state index contributed by atoms with van der Waals surface area (Å²) in [7, 11) is -3.72. The van der Waals surface area contributed by atoms with Crippen LogP contribution in [0.4, 0.5) is 0 Å². The number of nitrogens with one attached hydrogen (secondary N) is 1. The van der Waals surface area contributed by atoms with Gasteiger partial charge >= 0.3 is 10.3 Å². The molecule has 2 saturated heterocycles. The van der Waals surface area contributed by atoms with Gasteiger partial charge in [-0.3, -0.25) is 4.79 Å². The molecule has 2 aliphatic heterocycles. The van der Waals surface area contributed by atoms with E-state index in [2.05, 4.69) is 17.1 Å². The Morgan fingerprint density at radius 3 is 2.69 bits per heavy atom. The van der Waals surface area contributed by atoms with Gasteiger partial charge in [-0.05, 0) is 87.7 Å². The summed E-state index contributed by atoms with van der Waals surface area (Å²) in [4.78, 5) is 16.8. The zero-order valence-electron chi connectivity index (χ0n) is 21.2. The summed E-state index contributed by atoms with van der Waals surface area (Å²) in [6, 6.07) is 6.24. The molecule has 4 rings (SSSR count). The maximum atomic E-state index is 12.6. The first-order chi connectivity index (χ1) is 17.0. The van der Waals surface area contributed by atoms with E-state index in [0.717, 1.165) is 90.6 Å². The summed E-state index contributed by atoms with van der Waals surface area (Å²) in [6.07, 6.45) is 8.67. The average molecular weight is 507 g/mol. The molecule has 2 fully saturated rings. The number of hydrogen-bond acceptors (Lipinski definition) is 6. The molecule has 1 aromatic rings. The molecule has 1 atom stereocenters. The Morgan fingerprint density at radius 2 is 1.89 bits per heavy atom. The number of fused-ring (bicyclic) bond motifs is 1. The van der Waals surface area contributed by atoms with Gasteiger partial charge in [-0.1, -0.05) is 13.0 Å². The number of aryl methyl sites for hydroxylation is 1.